The Morgan fingerprint density at radius 1 is 1.00 bits per heavy atom. The van der Waals surface area contributed by atoms with Crippen LogP contribution in [-0.2, 0) is 9.47 Å². The van der Waals surface area contributed by atoms with E-state index in [1.54, 1.807) is 20.8 Å². The second-order valence-electron chi connectivity index (χ2n) is 9.10. The third-order valence-electron chi connectivity index (χ3n) is 5.08. The number of rotatable bonds is 14. The summed E-state index contributed by atoms with van der Waals surface area (Å²) < 4.78 is 10.3. The van der Waals surface area contributed by atoms with Crippen molar-refractivity contribution < 1.29 is 19.1 Å². The molecular formula is C24H43NO4. The lowest BCUT2D eigenvalue weighted by atomic mass is 10.0. The molecule has 5 heteroatoms. The van der Waals surface area contributed by atoms with Crippen LogP contribution in [0.1, 0.15) is 111 Å². The summed E-state index contributed by atoms with van der Waals surface area (Å²) >= 11 is 0. The van der Waals surface area contributed by atoms with Crippen LogP contribution in [0.2, 0.25) is 0 Å². The van der Waals surface area contributed by atoms with E-state index >= 15 is 0 Å². The van der Waals surface area contributed by atoms with Crippen LogP contribution in [0.5, 0.6) is 0 Å². The van der Waals surface area contributed by atoms with Crippen molar-refractivity contribution in [1.82, 2.24) is 4.90 Å². The summed E-state index contributed by atoms with van der Waals surface area (Å²) in [7, 11) is 0. The molecule has 1 rings (SSSR count). The van der Waals surface area contributed by atoms with Gasteiger partial charge in [0.1, 0.15) is 12.2 Å². The smallest absolute Gasteiger partial charge is 0.420 e. The maximum absolute atomic E-state index is 12.2. The van der Waals surface area contributed by atoms with E-state index in [-0.39, 0.29) is 12.6 Å². The highest BCUT2D eigenvalue weighted by Crippen LogP contribution is 2.19. The molecule has 1 aliphatic rings. The van der Waals surface area contributed by atoms with Crippen molar-refractivity contribution in [3.05, 3.63) is 12.2 Å². The van der Waals surface area contributed by atoms with Gasteiger partial charge in [0, 0.05) is 0 Å². The van der Waals surface area contributed by atoms with E-state index in [9.17, 15) is 9.59 Å². The zero-order valence-electron chi connectivity index (χ0n) is 19.2. The lowest BCUT2D eigenvalue weighted by Crippen LogP contribution is -2.41. The number of carbonyl (C=O) groups excluding carboxylic acids is 2. The van der Waals surface area contributed by atoms with E-state index in [0.717, 1.165) is 17.7 Å². The van der Waals surface area contributed by atoms with Gasteiger partial charge in [-0.15, -0.1) is 0 Å². The van der Waals surface area contributed by atoms with E-state index in [1.165, 1.54) is 70.6 Å². The Labute approximate surface area is 178 Å². The topological polar surface area (TPSA) is 55.8 Å². The van der Waals surface area contributed by atoms with Crippen LogP contribution in [0.3, 0.4) is 0 Å². The predicted octanol–water partition coefficient (Wildman–Crippen LogP) is 7.39. The number of nitrogens with zero attached hydrogens (tertiary/aromatic N) is 1. The Morgan fingerprint density at radius 2 is 1.52 bits per heavy atom. The lowest BCUT2D eigenvalue weighted by Gasteiger charge is -2.24. The summed E-state index contributed by atoms with van der Waals surface area (Å²) in [5.41, 5.74) is -0.636. The maximum atomic E-state index is 12.2. The fourth-order valence-corrected chi connectivity index (χ4v) is 3.46. The fraction of sp³-hybridized carbons (Fsp3) is 0.833. The number of carbonyl (C=O) groups is 2. The monoisotopic (exact) mass is 409 g/mol. The SMILES string of the molecule is CCCCCCCCCCCCCC/C=C/[C@@H]1COC(=O)N1C(=O)OC(C)(C)C. The molecule has 0 aromatic rings. The Hall–Kier alpha value is -1.52. The molecule has 0 aromatic heterocycles. The van der Waals surface area contributed by atoms with Crippen LogP contribution < -0.4 is 0 Å². The number of hydrogen-bond acceptors (Lipinski definition) is 4. The molecule has 1 saturated heterocycles. The normalized spacial score (nSPS) is 17.2. The number of cyclic esters (lactones) is 1. The van der Waals surface area contributed by atoms with E-state index < -0.39 is 17.8 Å². The van der Waals surface area contributed by atoms with Gasteiger partial charge in [0.05, 0.1) is 6.04 Å². The number of allylic oxidation sites excluding steroid dienone is 1. The highest BCUT2D eigenvalue weighted by atomic mass is 16.6. The molecule has 168 valence electrons. The van der Waals surface area contributed by atoms with Gasteiger partial charge in [0.25, 0.3) is 0 Å². The average Bonchev–Trinajstić information content (AvgIpc) is 3.01. The molecule has 0 aromatic carbocycles. The Balaban J connectivity index is 2.09. The summed E-state index contributed by atoms with van der Waals surface area (Å²) in [6.07, 6.45) is 19.7. The Morgan fingerprint density at radius 3 is 2.03 bits per heavy atom. The fourth-order valence-electron chi connectivity index (χ4n) is 3.46. The highest BCUT2D eigenvalue weighted by Gasteiger charge is 2.39. The predicted molar refractivity (Wildman–Crippen MR) is 118 cm³/mol. The first-order valence-corrected chi connectivity index (χ1v) is 11.7. The van der Waals surface area contributed by atoms with Crippen molar-refractivity contribution in [2.24, 2.45) is 0 Å². The van der Waals surface area contributed by atoms with Crippen molar-refractivity contribution in [2.75, 3.05) is 6.61 Å². The molecule has 0 unspecified atom stereocenters. The molecule has 29 heavy (non-hydrogen) atoms. The number of amides is 2. The van der Waals surface area contributed by atoms with Gasteiger partial charge in [-0.25, -0.2) is 14.5 Å². The largest absolute Gasteiger partial charge is 0.446 e. The minimum atomic E-state index is -0.639. The molecule has 1 aliphatic heterocycles. The minimum Gasteiger partial charge on any atom is -0.446 e. The van der Waals surface area contributed by atoms with Crippen LogP contribution >= 0.6 is 0 Å². The van der Waals surface area contributed by atoms with Crippen LogP contribution in [0.25, 0.3) is 0 Å². The van der Waals surface area contributed by atoms with Gasteiger partial charge >= 0.3 is 12.2 Å². The average molecular weight is 410 g/mol. The Kier molecular flexibility index (Phi) is 12.7. The third-order valence-corrected chi connectivity index (χ3v) is 5.08. The molecule has 0 aliphatic carbocycles. The van der Waals surface area contributed by atoms with Crippen LogP contribution in [0.4, 0.5) is 9.59 Å². The first kappa shape index (κ1) is 25.5. The van der Waals surface area contributed by atoms with Crippen molar-refractivity contribution in [1.29, 1.82) is 0 Å². The number of ether oxygens (including phenoxy) is 2. The summed E-state index contributed by atoms with van der Waals surface area (Å²) in [6.45, 7) is 7.81. The molecule has 0 bridgehead atoms. The summed E-state index contributed by atoms with van der Waals surface area (Å²) in [5.74, 6) is 0. The van der Waals surface area contributed by atoms with Gasteiger partial charge in [-0.3, -0.25) is 0 Å². The molecule has 2 amide bonds. The minimum absolute atomic E-state index is 0.201. The molecule has 1 heterocycles. The summed E-state index contributed by atoms with van der Waals surface area (Å²) in [5, 5.41) is 0. The molecule has 0 saturated carbocycles. The molecule has 0 spiro atoms. The van der Waals surface area contributed by atoms with Gasteiger partial charge in [-0.1, -0.05) is 89.7 Å². The summed E-state index contributed by atoms with van der Waals surface area (Å²) in [6, 6.07) is -0.366. The Bertz CT molecular complexity index is 496. The lowest BCUT2D eigenvalue weighted by molar-refractivity contribution is 0.0312. The number of hydrogen-bond donors (Lipinski definition) is 0. The van der Waals surface area contributed by atoms with Crippen molar-refractivity contribution >= 4 is 12.2 Å². The first-order chi connectivity index (χ1) is 13.8. The van der Waals surface area contributed by atoms with Crippen molar-refractivity contribution in [3.63, 3.8) is 0 Å². The zero-order chi connectivity index (χ0) is 21.5. The van der Waals surface area contributed by atoms with Crippen molar-refractivity contribution in [3.8, 4) is 0 Å². The van der Waals surface area contributed by atoms with Gasteiger partial charge in [0.2, 0.25) is 0 Å². The molecule has 0 N–H and O–H groups in total. The third kappa shape index (κ3) is 11.9. The number of unbranched alkanes of at least 4 members (excludes halogenated alkanes) is 12. The zero-order valence-corrected chi connectivity index (χ0v) is 19.2. The van der Waals surface area contributed by atoms with E-state index in [1.807, 2.05) is 6.08 Å². The second-order valence-corrected chi connectivity index (χ2v) is 9.10. The molecule has 1 fully saturated rings. The standard InChI is InChI=1S/C24H43NO4/c1-5-6-7-8-9-10-11-12-13-14-15-16-17-18-19-21-20-28-22(26)25(21)23(27)29-24(2,3)4/h18-19,21H,5-17,20H2,1-4H3/b19-18+/t21-/m1/s1. The molecule has 5 nitrogen and oxygen atoms in total. The quantitative estimate of drug-likeness (QED) is 0.222. The van der Waals surface area contributed by atoms with Gasteiger partial charge < -0.3 is 9.47 Å². The van der Waals surface area contributed by atoms with E-state index in [0.29, 0.717) is 0 Å². The van der Waals surface area contributed by atoms with Crippen LogP contribution in [0, 0.1) is 0 Å². The van der Waals surface area contributed by atoms with Gasteiger partial charge in [-0.2, -0.15) is 0 Å². The van der Waals surface area contributed by atoms with Gasteiger partial charge in [0.15, 0.2) is 0 Å². The van der Waals surface area contributed by atoms with Crippen LogP contribution in [-0.4, -0.2) is 35.3 Å². The maximum Gasteiger partial charge on any atom is 0.420 e. The highest BCUT2D eigenvalue weighted by molar-refractivity contribution is 5.90. The molecular weight excluding hydrogens is 366 g/mol. The van der Waals surface area contributed by atoms with E-state index in [4.69, 9.17) is 9.47 Å². The van der Waals surface area contributed by atoms with Crippen molar-refractivity contribution in [2.45, 2.75) is 123 Å². The molecule has 1 atom stereocenters. The summed E-state index contributed by atoms with van der Waals surface area (Å²) in [4.78, 5) is 25.1. The number of imide groups is 1. The van der Waals surface area contributed by atoms with E-state index in [2.05, 4.69) is 13.0 Å². The van der Waals surface area contributed by atoms with Gasteiger partial charge in [-0.05, 0) is 33.6 Å². The first-order valence-electron chi connectivity index (χ1n) is 11.7. The van der Waals surface area contributed by atoms with Crippen LogP contribution in [0.15, 0.2) is 12.2 Å². The second kappa shape index (κ2) is 14.5. The molecule has 0 radical (unpaired) electrons.